The quantitative estimate of drug-likeness (QED) is 0.799. The average Bonchev–Trinajstić information content (AvgIpc) is 2.99. The van der Waals surface area contributed by atoms with Gasteiger partial charge in [-0.15, -0.1) is 32.9 Å². The number of aromatic nitrogens is 3. The monoisotopic (exact) mass is 314 g/mol. The molecule has 0 fully saturated rings. The molecule has 9 heteroatoms. The Labute approximate surface area is 117 Å². The van der Waals surface area contributed by atoms with Crippen LogP contribution in [0.2, 0.25) is 0 Å². The lowest BCUT2D eigenvalue weighted by Crippen LogP contribution is -2.18. The van der Waals surface area contributed by atoms with Crippen LogP contribution >= 0.6 is 22.7 Å². The van der Waals surface area contributed by atoms with E-state index in [0.29, 0.717) is 12.4 Å². The largest absolute Gasteiger partial charge is 0.296 e. The van der Waals surface area contributed by atoms with Gasteiger partial charge in [-0.05, 0) is 24.4 Å². The van der Waals surface area contributed by atoms with Gasteiger partial charge in [-0.25, -0.2) is 13.6 Å². The number of hydrogen-bond donors (Lipinski definition) is 1. The van der Waals surface area contributed by atoms with E-state index in [4.69, 9.17) is 5.14 Å². The van der Waals surface area contributed by atoms with Crippen molar-refractivity contribution < 1.29 is 8.42 Å². The number of fused-ring (bicyclic) bond motifs is 1. The number of primary sulfonamides is 1. The van der Waals surface area contributed by atoms with Crippen molar-refractivity contribution >= 4 is 42.1 Å². The topological polar surface area (TPSA) is 90.9 Å². The van der Waals surface area contributed by atoms with Crippen LogP contribution in [0.1, 0.15) is 6.92 Å². The molecule has 0 amide bonds. The summed E-state index contributed by atoms with van der Waals surface area (Å²) in [6, 6.07) is 4.02. The fraction of sp³-hybridized carbons (Fsp3) is 0.200. The average molecular weight is 314 g/mol. The highest BCUT2D eigenvalue weighted by atomic mass is 32.2. The Kier molecular flexibility index (Phi) is 2.93. The SMILES string of the molecule is CCn1c(-c2cc3sccc3s2)nnc1S(N)(=O)=O. The zero-order valence-electron chi connectivity index (χ0n) is 9.90. The van der Waals surface area contributed by atoms with Gasteiger partial charge in [0.25, 0.3) is 15.2 Å². The molecule has 0 aromatic carbocycles. The molecular weight excluding hydrogens is 304 g/mol. The van der Waals surface area contributed by atoms with Gasteiger partial charge in [-0.1, -0.05) is 0 Å². The third-order valence-electron chi connectivity index (χ3n) is 2.65. The van der Waals surface area contributed by atoms with Crippen LogP contribution in [0.15, 0.2) is 22.7 Å². The van der Waals surface area contributed by atoms with Gasteiger partial charge < -0.3 is 0 Å². The number of hydrogen-bond acceptors (Lipinski definition) is 6. The minimum Gasteiger partial charge on any atom is -0.296 e. The first-order valence-corrected chi connectivity index (χ1v) is 8.68. The highest BCUT2D eigenvalue weighted by molar-refractivity contribution is 7.89. The Balaban J connectivity index is 2.20. The third-order valence-corrected chi connectivity index (χ3v) is 5.55. The number of thiophene rings is 2. The molecule has 2 N–H and O–H groups in total. The Morgan fingerprint density at radius 2 is 2.16 bits per heavy atom. The second-order valence-corrected chi connectivity index (χ2v) is 7.34. The maximum Gasteiger partial charge on any atom is 0.273 e. The van der Waals surface area contributed by atoms with E-state index in [1.807, 2.05) is 24.4 Å². The first kappa shape index (κ1) is 12.7. The van der Waals surface area contributed by atoms with Crippen LogP contribution in [0.5, 0.6) is 0 Å². The molecule has 0 aliphatic carbocycles. The lowest BCUT2D eigenvalue weighted by Gasteiger charge is -2.03. The minimum atomic E-state index is -3.85. The van der Waals surface area contributed by atoms with Gasteiger partial charge in [0.1, 0.15) is 0 Å². The molecular formula is C10H10N4O2S3. The van der Waals surface area contributed by atoms with Crippen molar-refractivity contribution in [3.63, 3.8) is 0 Å². The lowest BCUT2D eigenvalue weighted by molar-refractivity contribution is 0.571. The van der Waals surface area contributed by atoms with Crippen LogP contribution in [0.4, 0.5) is 0 Å². The highest BCUT2D eigenvalue weighted by Crippen LogP contribution is 2.35. The predicted molar refractivity (Wildman–Crippen MR) is 75.8 cm³/mol. The summed E-state index contributed by atoms with van der Waals surface area (Å²) in [4.78, 5) is 0.895. The zero-order chi connectivity index (χ0) is 13.6. The number of nitrogens with zero attached hydrogens (tertiary/aromatic N) is 3. The summed E-state index contributed by atoms with van der Waals surface area (Å²) in [5, 5.41) is 14.6. The third kappa shape index (κ3) is 2.08. The van der Waals surface area contributed by atoms with E-state index in [2.05, 4.69) is 10.2 Å². The van der Waals surface area contributed by atoms with Crippen LogP contribution in [0, 0.1) is 0 Å². The Morgan fingerprint density at radius 3 is 2.79 bits per heavy atom. The maximum atomic E-state index is 11.4. The Bertz CT molecular complexity index is 815. The molecule has 0 bridgehead atoms. The van der Waals surface area contributed by atoms with E-state index in [0.717, 1.165) is 14.3 Å². The summed E-state index contributed by atoms with van der Waals surface area (Å²) in [6.07, 6.45) is 0. The number of rotatable bonds is 3. The second kappa shape index (κ2) is 4.37. The molecule has 0 saturated carbocycles. The molecule has 0 saturated heterocycles. The van der Waals surface area contributed by atoms with Gasteiger partial charge in [-0.2, -0.15) is 0 Å². The Morgan fingerprint density at radius 1 is 1.37 bits per heavy atom. The minimum absolute atomic E-state index is 0.193. The smallest absolute Gasteiger partial charge is 0.273 e. The molecule has 0 unspecified atom stereocenters. The summed E-state index contributed by atoms with van der Waals surface area (Å²) in [5.41, 5.74) is 0. The molecule has 6 nitrogen and oxygen atoms in total. The fourth-order valence-corrected chi connectivity index (χ4v) is 4.62. The molecule has 3 aromatic heterocycles. The molecule has 0 radical (unpaired) electrons. The van der Waals surface area contributed by atoms with Gasteiger partial charge in [0.2, 0.25) is 0 Å². The van der Waals surface area contributed by atoms with Crippen LogP contribution in [0.3, 0.4) is 0 Å². The van der Waals surface area contributed by atoms with Crippen LogP contribution in [-0.4, -0.2) is 23.2 Å². The van der Waals surface area contributed by atoms with E-state index in [1.54, 1.807) is 22.7 Å². The fourth-order valence-electron chi connectivity index (χ4n) is 1.84. The molecule has 0 aliphatic heterocycles. The molecule has 3 rings (SSSR count). The maximum absolute atomic E-state index is 11.4. The van der Waals surface area contributed by atoms with Gasteiger partial charge in [-0.3, -0.25) is 4.57 Å². The van der Waals surface area contributed by atoms with Gasteiger partial charge in [0.15, 0.2) is 5.82 Å². The van der Waals surface area contributed by atoms with Crippen LogP contribution < -0.4 is 5.14 Å². The first-order valence-electron chi connectivity index (χ1n) is 5.44. The van der Waals surface area contributed by atoms with E-state index < -0.39 is 10.0 Å². The summed E-state index contributed by atoms with van der Waals surface area (Å²) in [5.74, 6) is 0.542. The van der Waals surface area contributed by atoms with Gasteiger partial charge in [0.05, 0.1) is 4.88 Å². The van der Waals surface area contributed by atoms with Crippen LogP contribution in [0.25, 0.3) is 20.1 Å². The molecule has 0 aliphatic rings. The van der Waals surface area contributed by atoms with Crippen molar-refractivity contribution in [1.82, 2.24) is 14.8 Å². The van der Waals surface area contributed by atoms with E-state index in [1.165, 1.54) is 4.57 Å². The molecule has 0 atom stereocenters. The van der Waals surface area contributed by atoms with Crippen molar-refractivity contribution in [3.8, 4) is 10.7 Å². The van der Waals surface area contributed by atoms with Crippen molar-refractivity contribution in [3.05, 3.63) is 17.5 Å². The highest BCUT2D eigenvalue weighted by Gasteiger charge is 2.22. The second-order valence-electron chi connectivity index (χ2n) is 3.86. The van der Waals surface area contributed by atoms with Crippen LogP contribution in [-0.2, 0) is 16.6 Å². The number of nitrogens with two attached hydrogens (primary N) is 1. The Hall–Kier alpha value is -1.29. The molecule has 100 valence electrons. The molecule has 3 heterocycles. The zero-order valence-corrected chi connectivity index (χ0v) is 12.3. The predicted octanol–water partition coefficient (Wildman–Crippen LogP) is 1.89. The van der Waals surface area contributed by atoms with Gasteiger partial charge >= 0.3 is 0 Å². The number of sulfonamides is 1. The summed E-state index contributed by atoms with van der Waals surface area (Å²) >= 11 is 3.20. The molecule has 19 heavy (non-hydrogen) atoms. The van der Waals surface area contributed by atoms with E-state index in [-0.39, 0.29) is 5.16 Å². The van der Waals surface area contributed by atoms with Crippen molar-refractivity contribution in [2.24, 2.45) is 5.14 Å². The van der Waals surface area contributed by atoms with Gasteiger partial charge in [0, 0.05) is 15.9 Å². The normalized spacial score (nSPS) is 12.3. The molecule has 3 aromatic rings. The van der Waals surface area contributed by atoms with Crippen molar-refractivity contribution in [2.75, 3.05) is 0 Å². The van der Waals surface area contributed by atoms with Crippen molar-refractivity contribution in [1.29, 1.82) is 0 Å². The standard InChI is InChI=1S/C10H10N4O2S3/c1-2-14-9(12-13-10(14)19(11,15)16)8-5-7-6(18-8)3-4-17-7/h3-5H,2H2,1H3,(H2,11,15,16). The molecule has 0 spiro atoms. The van der Waals surface area contributed by atoms with Crippen molar-refractivity contribution in [2.45, 2.75) is 18.6 Å². The summed E-state index contributed by atoms with van der Waals surface area (Å²) < 4.78 is 26.7. The van der Waals surface area contributed by atoms with E-state index in [9.17, 15) is 8.42 Å². The summed E-state index contributed by atoms with van der Waals surface area (Å²) in [6.45, 7) is 2.27. The first-order chi connectivity index (χ1) is 9.00. The van der Waals surface area contributed by atoms with E-state index >= 15 is 0 Å². The lowest BCUT2D eigenvalue weighted by atomic mass is 10.4. The summed E-state index contributed by atoms with van der Waals surface area (Å²) in [7, 11) is -3.85.